The maximum Gasteiger partial charge on any atom is 0.157 e. The summed E-state index contributed by atoms with van der Waals surface area (Å²) in [7, 11) is 0. The predicted molar refractivity (Wildman–Crippen MR) is 93.8 cm³/mol. The van der Waals surface area contributed by atoms with E-state index in [9.17, 15) is 0 Å². The van der Waals surface area contributed by atoms with Crippen molar-refractivity contribution in [3.8, 4) is 0 Å². The molecule has 0 aliphatic heterocycles. The lowest BCUT2D eigenvalue weighted by atomic mass is 10.1. The fourth-order valence-electron chi connectivity index (χ4n) is 2.14. The molecule has 1 unspecified atom stereocenters. The zero-order chi connectivity index (χ0) is 15.1. The molecule has 0 fully saturated rings. The van der Waals surface area contributed by atoms with Crippen LogP contribution in [0, 0.1) is 0 Å². The van der Waals surface area contributed by atoms with Crippen molar-refractivity contribution in [1.29, 1.82) is 0 Å². The number of benzene rings is 2. The molecule has 2 rings (SSSR count). The normalized spacial score (nSPS) is 14.5. The summed E-state index contributed by atoms with van der Waals surface area (Å²) in [5, 5.41) is 4.47. The van der Waals surface area contributed by atoms with Crippen LogP contribution in [0.1, 0.15) is 37.1 Å². The molecule has 2 aromatic rings. The van der Waals surface area contributed by atoms with Gasteiger partial charge in [0.05, 0.1) is 12.1 Å². The number of hydrogen-bond acceptors (Lipinski definition) is 2. The highest BCUT2D eigenvalue weighted by atomic mass is 32.2. The summed E-state index contributed by atoms with van der Waals surface area (Å²) in [5.41, 5.74) is 2.50. The summed E-state index contributed by atoms with van der Waals surface area (Å²) in [5.74, 6) is 0. The monoisotopic (exact) mass is 298 g/mol. The molecule has 0 bridgehead atoms. The van der Waals surface area contributed by atoms with E-state index in [1.807, 2.05) is 12.1 Å². The zero-order valence-corrected chi connectivity index (χ0v) is 13.6. The van der Waals surface area contributed by atoms with Crippen LogP contribution in [0.15, 0.2) is 65.7 Å². The Hall–Kier alpha value is -1.74. The first kappa shape index (κ1) is 15.6. The van der Waals surface area contributed by atoms with E-state index in [1.165, 1.54) is 11.1 Å². The van der Waals surface area contributed by atoms with Crippen molar-refractivity contribution in [1.82, 2.24) is 5.32 Å². The van der Waals surface area contributed by atoms with E-state index < -0.39 is 0 Å². The smallest absolute Gasteiger partial charge is 0.157 e. The zero-order valence-electron chi connectivity index (χ0n) is 12.8. The summed E-state index contributed by atoms with van der Waals surface area (Å²) in [6.45, 7) is 4.29. The fourth-order valence-corrected chi connectivity index (χ4v) is 2.70. The van der Waals surface area contributed by atoms with E-state index in [0.29, 0.717) is 0 Å². The van der Waals surface area contributed by atoms with E-state index in [2.05, 4.69) is 74.0 Å². The van der Waals surface area contributed by atoms with Gasteiger partial charge in [0.25, 0.3) is 0 Å². The van der Waals surface area contributed by atoms with Crippen molar-refractivity contribution >= 4 is 16.9 Å². The van der Waals surface area contributed by atoms with E-state index in [0.717, 1.165) is 5.17 Å². The van der Waals surface area contributed by atoms with E-state index in [1.54, 1.807) is 11.8 Å². The van der Waals surface area contributed by atoms with Gasteiger partial charge in [0.1, 0.15) is 0 Å². The maximum absolute atomic E-state index is 4.80. The summed E-state index contributed by atoms with van der Waals surface area (Å²) in [6, 6.07) is 21.2. The Morgan fingerprint density at radius 2 is 1.43 bits per heavy atom. The second kappa shape index (κ2) is 7.89. The SMILES string of the molecule is CSC(=NC(C)c1ccccc1)N[C@@H](C)c1ccccc1. The number of aliphatic imine (C=N–C) groups is 1. The maximum atomic E-state index is 4.80. The lowest BCUT2D eigenvalue weighted by Gasteiger charge is -2.17. The first-order valence-electron chi connectivity index (χ1n) is 7.19. The van der Waals surface area contributed by atoms with E-state index >= 15 is 0 Å². The molecule has 0 radical (unpaired) electrons. The van der Waals surface area contributed by atoms with Gasteiger partial charge in [0.15, 0.2) is 5.17 Å². The van der Waals surface area contributed by atoms with E-state index in [4.69, 9.17) is 4.99 Å². The number of amidine groups is 1. The Morgan fingerprint density at radius 1 is 0.905 bits per heavy atom. The molecule has 1 N–H and O–H groups in total. The molecular weight excluding hydrogens is 276 g/mol. The Labute approximate surface area is 131 Å². The summed E-state index contributed by atoms with van der Waals surface area (Å²) < 4.78 is 0. The lowest BCUT2D eigenvalue weighted by Crippen LogP contribution is -2.24. The molecule has 110 valence electrons. The van der Waals surface area contributed by atoms with Crippen molar-refractivity contribution < 1.29 is 0 Å². The van der Waals surface area contributed by atoms with Crippen molar-refractivity contribution in [2.75, 3.05) is 6.26 Å². The standard InChI is InChI=1S/C18H22N2S/c1-14(16-10-6-4-7-11-16)19-18(21-3)20-15(2)17-12-8-5-9-13-17/h4-15H,1-3H3,(H,19,20)/t14-,15?/m0/s1. The fraction of sp³-hybridized carbons (Fsp3) is 0.278. The van der Waals surface area contributed by atoms with Gasteiger partial charge in [0.2, 0.25) is 0 Å². The molecule has 21 heavy (non-hydrogen) atoms. The van der Waals surface area contributed by atoms with Crippen molar-refractivity contribution in [2.24, 2.45) is 4.99 Å². The van der Waals surface area contributed by atoms with Gasteiger partial charge in [-0.15, -0.1) is 0 Å². The van der Waals surface area contributed by atoms with Crippen LogP contribution >= 0.6 is 11.8 Å². The highest BCUT2D eigenvalue weighted by molar-refractivity contribution is 8.13. The second-order valence-corrected chi connectivity index (χ2v) is 5.80. The number of nitrogens with one attached hydrogen (secondary N) is 1. The molecule has 0 saturated heterocycles. The van der Waals surface area contributed by atoms with Crippen LogP contribution in [0.2, 0.25) is 0 Å². The van der Waals surface area contributed by atoms with Gasteiger partial charge < -0.3 is 5.32 Å². The molecule has 0 aromatic heterocycles. The van der Waals surface area contributed by atoms with E-state index in [-0.39, 0.29) is 12.1 Å². The molecule has 3 heteroatoms. The average molecular weight is 298 g/mol. The Bertz CT molecular complexity index is 566. The Balaban J connectivity index is 2.07. The Morgan fingerprint density at radius 3 is 1.95 bits per heavy atom. The predicted octanol–water partition coefficient (Wildman–Crippen LogP) is 4.82. The van der Waals surface area contributed by atoms with Crippen LogP contribution in [0.25, 0.3) is 0 Å². The van der Waals surface area contributed by atoms with Crippen LogP contribution in [-0.2, 0) is 0 Å². The van der Waals surface area contributed by atoms with Gasteiger partial charge in [-0.25, -0.2) is 0 Å². The van der Waals surface area contributed by atoms with Gasteiger partial charge >= 0.3 is 0 Å². The highest BCUT2D eigenvalue weighted by Crippen LogP contribution is 2.19. The quantitative estimate of drug-likeness (QED) is 0.646. The van der Waals surface area contributed by atoms with Crippen LogP contribution < -0.4 is 5.32 Å². The van der Waals surface area contributed by atoms with Crippen molar-refractivity contribution in [2.45, 2.75) is 25.9 Å². The lowest BCUT2D eigenvalue weighted by molar-refractivity contribution is 0.711. The van der Waals surface area contributed by atoms with Gasteiger partial charge in [-0.2, -0.15) is 0 Å². The van der Waals surface area contributed by atoms with Crippen LogP contribution in [0.4, 0.5) is 0 Å². The van der Waals surface area contributed by atoms with Gasteiger partial charge in [-0.3, -0.25) is 4.99 Å². The average Bonchev–Trinajstić information content (AvgIpc) is 2.55. The molecule has 0 saturated carbocycles. The second-order valence-electron chi connectivity index (χ2n) is 5.00. The number of hydrogen-bond donors (Lipinski definition) is 1. The van der Waals surface area contributed by atoms with Gasteiger partial charge in [0, 0.05) is 0 Å². The number of rotatable bonds is 4. The molecule has 0 amide bonds. The van der Waals surface area contributed by atoms with Gasteiger partial charge in [-0.1, -0.05) is 72.4 Å². The summed E-state index contributed by atoms with van der Waals surface area (Å²) in [4.78, 5) is 4.80. The first-order valence-corrected chi connectivity index (χ1v) is 8.41. The minimum Gasteiger partial charge on any atom is -0.358 e. The van der Waals surface area contributed by atoms with Crippen molar-refractivity contribution in [3.05, 3.63) is 71.8 Å². The third kappa shape index (κ3) is 4.64. The number of nitrogens with zero attached hydrogens (tertiary/aromatic N) is 1. The highest BCUT2D eigenvalue weighted by Gasteiger charge is 2.09. The third-order valence-electron chi connectivity index (χ3n) is 3.43. The van der Waals surface area contributed by atoms with Gasteiger partial charge in [-0.05, 0) is 31.2 Å². The topological polar surface area (TPSA) is 24.4 Å². The number of thioether (sulfide) groups is 1. The minimum atomic E-state index is 0.157. The molecule has 2 nitrogen and oxygen atoms in total. The third-order valence-corrected chi connectivity index (χ3v) is 4.04. The van der Waals surface area contributed by atoms with Crippen LogP contribution in [-0.4, -0.2) is 11.4 Å². The summed E-state index contributed by atoms with van der Waals surface area (Å²) >= 11 is 1.65. The summed E-state index contributed by atoms with van der Waals surface area (Å²) in [6.07, 6.45) is 2.06. The molecular formula is C18H22N2S. The molecule has 0 spiro atoms. The van der Waals surface area contributed by atoms with Crippen LogP contribution in [0.3, 0.4) is 0 Å². The molecule has 0 aliphatic rings. The molecule has 0 aliphatic carbocycles. The van der Waals surface area contributed by atoms with Crippen LogP contribution in [0.5, 0.6) is 0 Å². The van der Waals surface area contributed by atoms with Crippen molar-refractivity contribution in [3.63, 3.8) is 0 Å². The minimum absolute atomic E-state index is 0.157. The molecule has 2 atom stereocenters. The Kier molecular flexibility index (Phi) is 5.88. The largest absolute Gasteiger partial charge is 0.358 e. The molecule has 2 aromatic carbocycles. The molecule has 0 heterocycles. The first-order chi connectivity index (χ1) is 10.2.